The van der Waals surface area contributed by atoms with Gasteiger partial charge in [0.15, 0.2) is 11.5 Å². The summed E-state index contributed by atoms with van der Waals surface area (Å²) in [5, 5.41) is 10.5. The monoisotopic (exact) mass is 563 g/mol. The van der Waals surface area contributed by atoms with Crippen molar-refractivity contribution in [2.24, 2.45) is 0 Å². The van der Waals surface area contributed by atoms with Crippen LogP contribution in [0.15, 0.2) is 59.4 Å². The van der Waals surface area contributed by atoms with Gasteiger partial charge in [0.25, 0.3) is 11.5 Å². The van der Waals surface area contributed by atoms with Crippen LogP contribution in [-0.2, 0) is 6.54 Å². The molecule has 0 unspecified atom stereocenters. The molecule has 0 saturated carbocycles. The summed E-state index contributed by atoms with van der Waals surface area (Å²) in [5.41, 5.74) is 0.124. The van der Waals surface area contributed by atoms with Gasteiger partial charge in [0.2, 0.25) is 0 Å². The highest BCUT2D eigenvalue weighted by Crippen LogP contribution is 2.40. The van der Waals surface area contributed by atoms with E-state index in [1.54, 1.807) is 43.4 Å². The Hall–Kier alpha value is -4.18. The van der Waals surface area contributed by atoms with Gasteiger partial charge in [-0.3, -0.25) is 19.0 Å². The van der Waals surface area contributed by atoms with E-state index in [9.17, 15) is 24.3 Å². The van der Waals surface area contributed by atoms with Crippen molar-refractivity contribution in [3.8, 4) is 5.75 Å². The third kappa shape index (κ3) is 5.58. The zero-order valence-corrected chi connectivity index (χ0v) is 24.1. The summed E-state index contributed by atoms with van der Waals surface area (Å²) >= 11 is 1.18. The number of carbonyl (C=O) groups excluding carboxylic acids is 2. The van der Waals surface area contributed by atoms with Crippen LogP contribution in [0.3, 0.4) is 0 Å². The lowest BCUT2D eigenvalue weighted by atomic mass is 10.1. The third-order valence-corrected chi connectivity index (χ3v) is 8.01. The molecular weight excluding hydrogens is 530 g/mol. The second kappa shape index (κ2) is 11.5. The first-order chi connectivity index (χ1) is 19.0. The smallest absolute Gasteiger partial charge is 0.407 e. The molecule has 0 spiro atoms. The van der Waals surface area contributed by atoms with Gasteiger partial charge in [-0.1, -0.05) is 48.5 Å². The fourth-order valence-corrected chi connectivity index (χ4v) is 6.05. The molecule has 2 amide bonds. The van der Waals surface area contributed by atoms with E-state index in [1.165, 1.54) is 32.8 Å². The molecule has 0 aliphatic heterocycles. The van der Waals surface area contributed by atoms with E-state index < -0.39 is 17.2 Å². The number of carboxylic acid groups (broad SMARTS) is 1. The molecule has 0 aliphatic rings. The Kier molecular flexibility index (Phi) is 8.29. The molecule has 0 aliphatic carbocycles. The third-order valence-electron chi connectivity index (χ3n) is 6.82. The number of Topliss-reactive ketones (excluding diaryl/α,β-unsaturated/α-hetero) is 1. The number of para-hydroxylation sites is 1. The average molecular weight is 564 g/mol. The van der Waals surface area contributed by atoms with Crippen LogP contribution in [0.5, 0.6) is 5.75 Å². The molecule has 0 atom stereocenters. The lowest BCUT2D eigenvalue weighted by Gasteiger charge is -2.33. The first kappa shape index (κ1) is 28.8. The minimum atomic E-state index is -1.01. The Labute approximate surface area is 236 Å². The number of ether oxygens (including phenoxy) is 1. The summed E-state index contributed by atoms with van der Waals surface area (Å²) in [5.74, 6) is -0.357. The maximum absolute atomic E-state index is 13.9. The van der Waals surface area contributed by atoms with Crippen LogP contribution in [0.25, 0.3) is 21.0 Å². The number of nitrogens with zero attached hydrogens (tertiary/aromatic N) is 3. The molecule has 0 fully saturated rings. The van der Waals surface area contributed by atoms with Gasteiger partial charge in [0.05, 0.1) is 23.9 Å². The van der Waals surface area contributed by atoms with E-state index in [-0.39, 0.29) is 40.8 Å². The highest BCUT2D eigenvalue weighted by Gasteiger charge is 2.28. The van der Waals surface area contributed by atoms with Gasteiger partial charge in [-0.15, -0.1) is 11.3 Å². The van der Waals surface area contributed by atoms with Crippen LogP contribution in [0.2, 0.25) is 0 Å². The van der Waals surface area contributed by atoms with Crippen molar-refractivity contribution >= 4 is 50.1 Å². The van der Waals surface area contributed by atoms with E-state index >= 15 is 0 Å². The number of hydrogen-bond acceptors (Lipinski definition) is 6. The van der Waals surface area contributed by atoms with Crippen molar-refractivity contribution in [3.63, 3.8) is 0 Å². The van der Waals surface area contributed by atoms with Gasteiger partial charge < -0.3 is 19.6 Å². The Balaban J connectivity index is 1.71. The molecule has 9 nitrogen and oxygen atoms in total. The predicted molar refractivity (Wildman–Crippen MR) is 157 cm³/mol. The number of methoxy groups -OCH3 is 1. The average Bonchev–Trinajstić information content (AvgIpc) is 3.32. The molecule has 4 rings (SSSR count). The second-order valence-electron chi connectivity index (χ2n) is 10.6. The van der Waals surface area contributed by atoms with Crippen LogP contribution in [0.1, 0.15) is 47.2 Å². The van der Waals surface area contributed by atoms with Gasteiger partial charge in [0.1, 0.15) is 10.3 Å². The van der Waals surface area contributed by atoms with Crippen LogP contribution in [0.4, 0.5) is 4.79 Å². The molecular formula is C30H33N3O6S. The highest BCUT2D eigenvalue weighted by atomic mass is 32.1. The summed E-state index contributed by atoms with van der Waals surface area (Å²) in [6.45, 7) is 5.89. The zero-order chi connectivity index (χ0) is 29.2. The van der Waals surface area contributed by atoms with Crippen LogP contribution < -0.4 is 10.3 Å². The Morgan fingerprint density at radius 1 is 1.00 bits per heavy atom. The van der Waals surface area contributed by atoms with E-state index in [2.05, 4.69) is 0 Å². The fraction of sp³-hybridized carbons (Fsp3) is 0.333. The molecule has 210 valence electrons. The van der Waals surface area contributed by atoms with E-state index in [0.717, 1.165) is 5.39 Å². The number of amides is 2. The number of fused-ring (bicyclic) bond motifs is 3. The van der Waals surface area contributed by atoms with Crippen LogP contribution >= 0.6 is 11.3 Å². The van der Waals surface area contributed by atoms with Crippen molar-refractivity contribution in [1.82, 2.24) is 14.4 Å². The van der Waals surface area contributed by atoms with Crippen molar-refractivity contribution in [3.05, 3.63) is 75.4 Å². The first-order valence-corrected chi connectivity index (χ1v) is 13.7. The topological polar surface area (TPSA) is 109 Å². The number of benzene rings is 2. The maximum atomic E-state index is 13.9. The number of hydrogen-bond donors (Lipinski definition) is 1. The lowest BCUT2D eigenvalue weighted by Crippen LogP contribution is -2.46. The van der Waals surface area contributed by atoms with Crippen molar-refractivity contribution in [1.29, 1.82) is 0 Å². The van der Waals surface area contributed by atoms with E-state index in [0.29, 0.717) is 28.7 Å². The fourth-order valence-electron chi connectivity index (χ4n) is 4.76. The Morgan fingerprint density at radius 2 is 1.65 bits per heavy atom. The molecule has 4 aromatic rings. The van der Waals surface area contributed by atoms with Gasteiger partial charge >= 0.3 is 6.09 Å². The number of aromatic nitrogens is 1. The molecule has 2 aromatic heterocycles. The summed E-state index contributed by atoms with van der Waals surface area (Å²) in [7, 11) is 3.06. The molecule has 0 bridgehead atoms. The van der Waals surface area contributed by atoms with Gasteiger partial charge in [-0.25, -0.2) is 4.79 Å². The van der Waals surface area contributed by atoms with Gasteiger partial charge in [-0.05, 0) is 33.3 Å². The lowest BCUT2D eigenvalue weighted by molar-refractivity contribution is 0.0773. The zero-order valence-electron chi connectivity index (χ0n) is 23.3. The highest BCUT2D eigenvalue weighted by molar-refractivity contribution is 7.22. The van der Waals surface area contributed by atoms with E-state index in [4.69, 9.17) is 4.74 Å². The normalized spacial score (nSPS) is 11.5. The molecule has 40 heavy (non-hydrogen) atoms. The molecule has 2 heterocycles. The molecule has 2 aromatic carbocycles. The summed E-state index contributed by atoms with van der Waals surface area (Å²) in [4.78, 5) is 55.3. The second-order valence-corrected chi connectivity index (χ2v) is 11.6. The molecule has 1 N–H and O–H groups in total. The standard InChI is InChI=1S/C30H33N3O6S/c1-30(2,3)33(29(37)38)17-11-16-31(4)28(36)26-24(39-5)23-25(40-26)20-14-9-10-15-21(20)32(27(23)35)18-22(34)19-12-7-6-8-13-19/h6-10,12-15H,11,16-18H2,1-5H3,(H,37,38). The van der Waals surface area contributed by atoms with Crippen molar-refractivity contribution in [2.45, 2.75) is 39.3 Å². The van der Waals surface area contributed by atoms with Gasteiger partial charge in [-0.2, -0.15) is 0 Å². The minimum Gasteiger partial charge on any atom is -0.494 e. The molecule has 10 heteroatoms. The number of pyridine rings is 1. The Morgan fingerprint density at radius 3 is 2.27 bits per heavy atom. The Bertz CT molecular complexity index is 1630. The van der Waals surface area contributed by atoms with Crippen molar-refractivity contribution in [2.75, 3.05) is 27.2 Å². The van der Waals surface area contributed by atoms with Crippen LogP contribution in [0, 0.1) is 0 Å². The molecule has 0 saturated heterocycles. The minimum absolute atomic E-state index is 0.157. The summed E-state index contributed by atoms with van der Waals surface area (Å²) in [6, 6.07) is 16.1. The predicted octanol–water partition coefficient (Wildman–Crippen LogP) is 5.35. The summed E-state index contributed by atoms with van der Waals surface area (Å²) < 4.78 is 7.69. The summed E-state index contributed by atoms with van der Waals surface area (Å²) in [6.07, 6.45) is -0.572. The van der Waals surface area contributed by atoms with E-state index in [1.807, 2.05) is 39.0 Å². The van der Waals surface area contributed by atoms with Crippen molar-refractivity contribution < 1.29 is 24.2 Å². The maximum Gasteiger partial charge on any atom is 0.407 e. The SMILES string of the molecule is COc1c(C(=O)N(C)CCCN(C(=O)O)C(C)(C)C)sc2c1c(=O)n(CC(=O)c1ccccc1)c1ccccc21. The number of thiophene rings is 1. The quantitative estimate of drug-likeness (QED) is 0.275. The molecule has 0 radical (unpaired) electrons. The largest absolute Gasteiger partial charge is 0.494 e. The first-order valence-electron chi connectivity index (χ1n) is 12.9. The number of carbonyl (C=O) groups is 3. The number of ketones is 1. The number of rotatable bonds is 9. The van der Waals surface area contributed by atoms with Gasteiger partial charge in [0, 0.05) is 36.6 Å². The van der Waals surface area contributed by atoms with Crippen LogP contribution in [-0.4, -0.2) is 70.0 Å².